The number of carbonyl (C=O) groups excluding carboxylic acids is 1. The van der Waals surface area contributed by atoms with Crippen LogP contribution in [0.1, 0.15) is 18.9 Å². The highest BCUT2D eigenvalue weighted by molar-refractivity contribution is 5.93. The van der Waals surface area contributed by atoms with Crippen molar-refractivity contribution in [1.82, 2.24) is 4.57 Å². The van der Waals surface area contributed by atoms with E-state index in [-0.39, 0.29) is 37.7 Å². The van der Waals surface area contributed by atoms with E-state index in [1.807, 2.05) is 35.0 Å². The number of hydrogen-bond donors (Lipinski definition) is 2. The van der Waals surface area contributed by atoms with Gasteiger partial charge in [0.2, 0.25) is 12.7 Å². The molecule has 0 aliphatic carbocycles. The molecule has 148 valence electrons. The van der Waals surface area contributed by atoms with Crippen LogP contribution in [-0.2, 0) is 17.8 Å². The fourth-order valence-electron chi connectivity index (χ4n) is 3.37. The van der Waals surface area contributed by atoms with Gasteiger partial charge in [-0.2, -0.15) is 0 Å². The lowest BCUT2D eigenvalue weighted by molar-refractivity contribution is -0.116. The SMILES string of the molecule is CCC(N)Cc1cn(CC(=O)Nc2ccc3c(c2)OCO3)c2ccccc12.Cl. The van der Waals surface area contributed by atoms with E-state index >= 15 is 0 Å². The van der Waals surface area contributed by atoms with Gasteiger partial charge in [-0.15, -0.1) is 12.4 Å². The molecular weight excluding hydrogens is 378 g/mol. The highest BCUT2D eigenvalue weighted by Gasteiger charge is 2.16. The van der Waals surface area contributed by atoms with E-state index in [0.717, 1.165) is 23.7 Å². The van der Waals surface area contributed by atoms with Crippen molar-refractivity contribution < 1.29 is 14.3 Å². The van der Waals surface area contributed by atoms with Crippen molar-refractivity contribution in [3.63, 3.8) is 0 Å². The van der Waals surface area contributed by atoms with Crippen molar-refractivity contribution in [2.24, 2.45) is 5.73 Å². The van der Waals surface area contributed by atoms with Crippen LogP contribution in [0.3, 0.4) is 0 Å². The van der Waals surface area contributed by atoms with Crippen molar-refractivity contribution in [2.45, 2.75) is 32.4 Å². The number of hydrogen-bond acceptors (Lipinski definition) is 4. The second-order valence-corrected chi connectivity index (χ2v) is 6.79. The number of anilines is 1. The first kappa shape index (κ1) is 20.0. The number of ether oxygens (including phenoxy) is 2. The number of carbonyl (C=O) groups is 1. The van der Waals surface area contributed by atoms with Crippen LogP contribution < -0.4 is 20.5 Å². The van der Waals surface area contributed by atoms with Crippen LogP contribution in [0.2, 0.25) is 0 Å². The maximum Gasteiger partial charge on any atom is 0.244 e. The molecule has 0 fully saturated rings. The van der Waals surface area contributed by atoms with E-state index in [1.165, 1.54) is 5.56 Å². The fourth-order valence-corrected chi connectivity index (χ4v) is 3.37. The largest absolute Gasteiger partial charge is 0.454 e. The van der Waals surface area contributed by atoms with E-state index in [2.05, 4.69) is 18.3 Å². The smallest absolute Gasteiger partial charge is 0.244 e. The molecule has 7 heteroatoms. The number of aromatic nitrogens is 1. The minimum Gasteiger partial charge on any atom is -0.454 e. The molecule has 3 aromatic rings. The van der Waals surface area contributed by atoms with Crippen LogP contribution in [0, 0.1) is 0 Å². The summed E-state index contributed by atoms with van der Waals surface area (Å²) in [6, 6.07) is 13.6. The molecule has 3 N–H and O–H groups in total. The van der Waals surface area contributed by atoms with Crippen LogP contribution >= 0.6 is 12.4 Å². The fraction of sp³-hybridized carbons (Fsp3) is 0.286. The summed E-state index contributed by atoms with van der Waals surface area (Å²) in [4.78, 5) is 12.6. The number of nitrogens with zero attached hydrogens (tertiary/aromatic N) is 1. The van der Waals surface area contributed by atoms with Gasteiger partial charge in [-0.05, 0) is 36.6 Å². The Kier molecular flexibility index (Phi) is 6.11. The summed E-state index contributed by atoms with van der Waals surface area (Å²) in [5.74, 6) is 1.25. The van der Waals surface area contributed by atoms with Gasteiger partial charge in [0.05, 0.1) is 0 Å². The van der Waals surface area contributed by atoms with Crippen LogP contribution in [0.15, 0.2) is 48.7 Å². The second kappa shape index (κ2) is 8.54. The number of para-hydroxylation sites is 1. The summed E-state index contributed by atoms with van der Waals surface area (Å²) < 4.78 is 12.6. The van der Waals surface area contributed by atoms with E-state index in [9.17, 15) is 4.79 Å². The number of nitrogens with one attached hydrogen (secondary N) is 1. The standard InChI is InChI=1S/C21H23N3O3.ClH/c1-2-15(22)9-14-11-24(18-6-4-3-5-17(14)18)12-21(25)23-16-7-8-19-20(10-16)27-13-26-19;/h3-8,10-11,15H,2,9,12-13,22H2,1H3,(H,23,25);1H. The predicted molar refractivity (Wildman–Crippen MR) is 112 cm³/mol. The third-order valence-electron chi connectivity index (χ3n) is 4.85. The van der Waals surface area contributed by atoms with Crippen LogP contribution in [-0.4, -0.2) is 23.3 Å². The Morgan fingerprint density at radius 2 is 2.00 bits per heavy atom. The van der Waals surface area contributed by atoms with Gasteiger partial charge in [-0.1, -0.05) is 25.1 Å². The Morgan fingerprint density at radius 1 is 1.21 bits per heavy atom. The minimum absolute atomic E-state index is 0. The first-order chi connectivity index (χ1) is 13.1. The molecular formula is C21H24ClN3O3. The van der Waals surface area contributed by atoms with E-state index in [0.29, 0.717) is 17.2 Å². The zero-order valence-corrected chi connectivity index (χ0v) is 16.5. The molecule has 1 aliphatic rings. The number of halogens is 1. The molecule has 1 atom stereocenters. The number of amides is 1. The summed E-state index contributed by atoms with van der Waals surface area (Å²) in [5, 5.41) is 4.08. The van der Waals surface area contributed by atoms with Gasteiger partial charge in [0.15, 0.2) is 11.5 Å². The first-order valence-electron chi connectivity index (χ1n) is 9.16. The summed E-state index contributed by atoms with van der Waals surface area (Å²) in [7, 11) is 0. The molecule has 1 amide bonds. The zero-order valence-electron chi connectivity index (χ0n) is 15.7. The van der Waals surface area contributed by atoms with E-state index < -0.39 is 0 Å². The average molecular weight is 402 g/mol. The summed E-state index contributed by atoms with van der Waals surface area (Å²) in [6.45, 7) is 2.53. The van der Waals surface area contributed by atoms with Gasteiger partial charge < -0.3 is 25.1 Å². The molecule has 4 rings (SSSR count). The second-order valence-electron chi connectivity index (χ2n) is 6.79. The van der Waals surface area contributed by atoms with Gasteiger partial charge in [-0.25, -0.2) is 0 Å². The van der Waals surface area contributed by atoms with Gasteiger partial charge in [0.25, 0.3) is 0 Å². The summed E-state index contributed by atoms with van der Waals surface area (Å²) >= 11 is 0. The van der Waals surface area contributed by atoms with Crippen molar-refractivity contribution >= 4 is 34.9 Å². The molecule has 0 bridgehead atoms. The lowest BCUT2D eigenvalue weighted by Crippen LogP contribution is -2.21. The molecule has 1 aliphatic heterocycles. The average Bonchev–Trinajstić information content (AvgIpc) is 3.26. The van der Waals surface area contributed by atoms with Crippen molar-refractivity contribution in [3.8, 4) is 11.5 Å². The lowest BCUT2D eigenvalue weighted by Gasteiger charge is -2.08. The third kappa shape index (κ3) is 4.08. The van der Waals surface area contributed by atoms with Crippen molar-refractivity contribution in [3.05, 3.63) is 54.2 Å². The summed E-state index contributed by atoms with van der Waals surface area (Å²) in [6.07, 6.45) is 3.76. The molecule has 0 saturated carbocycles. The normalized spacial score (nSPS) is 13.2. The maximum atomic E-state index is 12.6. The molecule has 2 aromatic carbocycles. The Morgan fingerprint density at radius 3 is 2.82 bits per heavy atom. The maximum absolute atomic E-state index is 12.6. The van der Waals surface area contributed by atoms with Crippen LogP contribution in [0.4, 0.5) is 5.69 Å². The Hall–Kier alpha value is -2.70. The monoisotopic (exact) mass is 401 g/mol. The number of nitrogens with two attached hydrogens (primary N) is 1. The molecule has 28 heavy (non-hydrogen) atoms. The summed E-state index contributed by atoms with van der Waals surface area (Å²) in [5.41, 5.74) is 9.05. The molecule has 0 radical (unpaired) electrons. The zero-order chi connectivity index (χ0) is 18.8. The van der Waals surface area contributed by atoms with Crippen molar-refractivity contribution in [2.75, 3.05) is 12.1 Å². The molecule has 6 nitrogen and oxygen atoms in total. The molecule has 0 spiro atoms. The van der Waals surface area contributed by atoms with Gasteiger partial charge in [0, 0.05) is 34.9 Å². The van der Waals surface area contributed by atoms with Gasteiger partial charge in [0.1, 0.15) is 6.54 Å². The highest BCUT2D eigenvalue weighted by atomic mass is 35.5. The van der Waals surface area contributed by atoms with Crippen molar-refractivity contribution in [1.29, 1.82) is 0 Å². The highest BCUT2D eigenvalue weighted by Crippen LogP contribution is 2.34. The third-order valence-corrected chi connectivity index (χ3v) is 4.85. The quantitative estimate of drug-likeness (QED) is 0.660. The van der Waals surface area contributed by atoms with Crippen LogP contribution in [0.25, 0.3) is 10.9 Å². The van der Waals surface area contributed by atoms with E-state index in [1.54, 1.807) is 12.1 Å². The lowest BCUT2D eigenvalue weighted by atomic mass is 10.0. The number of rotatable bonds is 6. The molecule has 2 heterocycles. The Balaban J connectivity index is 0.00000225. The van der Waals surface area contributed by atoms with Crippen LogP contribution in [0.5, 0.6) is 11.5 Å². The Labute approximate surface area is 170 Å². The van der Waals surface area contributed by atoms with Gasteiger partial charge in [-0.3, -0.25) is 4.79 Å². The number of benzene rings is 2. The van der Waals surface area contributed by atoms with Gasteiger partial charge >= 0.3 is 0 Å². The molecule has 1 unspecified atom stereocenters. The first-order valence-corrected chi connectivity index (χ1v) is 9.16. The topological polar surface area (TPSA) is 78.5 Å². The Bertz CT molecular complexity index is 986. The predicted octanol–water partition coefficient (Wildman–Crippen LogP) is 3.71. The minimum atomic E-state index is -0.0963. The molecule has 1 aromatic heterocycles. The van der Waals surface area contributed by atoms with E-state index in [4.69, 9.17) is 15.2 Å². The number of fused-ring (bicyclic) bond motifs is 2. The molecule has 0 saturated heterocycles.